The summed E-state index contributed by atoms with van der Waals surface area (Å²) in [6.45, 7) is 38.4. The van der Waals surface area contributed by atoms with Crippen LogP contribution in [-0.2, 0) is 5.41 Å². The van der Waals surface area contributed by atoms with Gasteiger partial charge in [0, 0.05) is 32.3 Å². The van der Waals surface area contributed by atoms with Crippen molar-refractivity contribution in [3.05, 3.63) is 28.8 Å². The van der Waals surface area contributed by atoms with E-state index in [9.17, 15) is 0 Å². The van der Waals surface area contributed by atoms with Gasteiger partial charge in [0.15, 0.2) is 0 Å². The zero-order chi connectivity index (χ0) is 28.4. The van der Waals surface area contributed by atoms with Crippen LogP contribution in [0.3, 0.4) is 0 Å². The van der Waals surface area contributed by atoms with Crippen LogP contribution in [-0.4, -0.2) is 40.6 Å². The van der Waals surface area contributed by atoms with Crippen LogP contribution in [0, 0.1) is 0 Å². The zero-order valence-electron chi connectivity index (χ0n) is 24.7. The molecule has 0 saturated carbocycles. The van der Waals surface area contributed by atoms with E-state index in [-0.39, 0.29) is 5.41 Å². The Morgan fingerprint density at radius 3 is 0.971 bits per heavy atom. The molecular weight excluding hydrogens is 856 g/mol. The fraction of sp³-hybridized carbons (Fsp3) is 0.750. The summed E-state index contributed by atoms with van der Waals surface area (Å²) in [5, 5.41) is 3.01. The first-order chi connectivity index (χ1) is 14.9. The fourth-order valence-electron chi connectivity index (χ4n) is 6.54. The maximum Gasteiger partial charge on any atom is 0.283 e. The molecule has 1 rings (SSSR count). The molecule has 0 unspecified atom stereocenters. The summed E-state index contributed by atoms with van der Waals surface area (Å²) in [6, 6.07) is 5.31. The SMILES string of the molecule is CC(C)(C)c1cc(C([Si](C)(C)C)[Si](C)(C)C)c([Si](Br)(Br)[Si](Br)(Br)Br)c(C([Si](C)(C)C)[Si](C)(C)C)c1. The van der Waals surface area contributed by atoms with E-state index in [1.54, 1.807) is 16.3 Å². The molecule has 1 aromatic carbocycles. The van der Waals surface area contributed by atoms with Crippen LogP contribution < -0.4 is 5.19 Å². The van der Waals surface area contributed by atoms with Crippen molar-refractivity contribution in [2.24, 2.45) is 0 Å². The lowest BCUT2D eigenvalue weighted by Crippen LogP contribution is -2.60. The molecule has 0 fully saturated rings. The predicted molar refractivity (Wildman–Crippen MR) is 200 cm³/mol. The van der Waals surface area contributed by atoms with Gasteiger partial charge in [-0.1, -0.05) is 157 Å². The Bertz CT molecular complexity index is 826. The summed E-state index contributed by atoms with van der Waals surface area (Å²) in [4.78, 5) is -2.29. The molecule has 35 heavy (non-hydrogen) atoms. The third-order valence-electron chi connectivity index (χ3n) is 6.82. The summed E-state index contributed by atoms with van der Waals surface area (Å²) >= 11 is 21.3. The maximum atomic E-state index is 4.43. The lowest BCUT2D eigenvalue weighted by atomic mass is 9.85. The van der Waals surface area contributed by atoms with Gasteiger partial charge in [-0.15, -0.1) is 30.6 Å². The van der Waals surface area contributed by atoms with Crippen molar-refractivity contribution in [3.63, 3.8) is 0 Å². The average Bonchev–Trinajstić information content (AvgIpc) is 2.46. The highest BCUT2D eigenvalue weighted by molar-refractivity contribution is 9.81. The first-order valence-corrected chi connectivity index (χ1v) is 43.2. The van der Waals surface area contributed by atoms with Gasteiger partial charge in [-0.25, -0.2) is 0 Å². The highest BCUT2D eigenvalue weighted by Crippen LogP contribution is 2.49. The van der Waals surface area contributed by atoms with Gasteiger partial charge in [0.25, 0.3) is 8.28 Å². The largest absolute Gasteiger partial charge is 0.283 e. The second-order valence-corrected chi connectivity index (χ2v) is 86.8. The molecule has 1 aromatic rings. The molecule has 0 aromatic heterocycles. The van der Waals surface area contributed by atoms with Crippen LogP contribution in [0.4, 0.5) is 0 Å². The molecule has 0 heterocycles. The van der Waals surface area contributed by atoms with E-state index in [0.29, 0.717) is 10.3 Å². The standard InChI is InChI=1S/C24H49Br5Si6/c1-24(2,3)18-16-19(22(30(4,5)6)31(7,8)9)21(34(25,26)35(27,28)29)20(17-18)23(32(10,11)12)33(13,14)15/h16-17,22-23H,1-15H3. The van der Waals surface area contributed by atoms with Crippen molar-refractivity contribution < 1.29 is 0 Å². The minimum Gasteiger partial charge on any atom is -0.105 e. The van der Waals surface area contributed by atoms with Crippen molar-refractivity contribution in [1.82, 2.24) is 0 Å². The Labute approximate surface area is 263 Å². The molecule has 11 heteroatoms. The molecular formula is C24H49Br5Si6. The molecule has 0 saturated heterocycles. The lowest BCUT2D eigenvalue weighted by molar-refractivity contribution is 0.589. The topological polar surface area (TPSA) is 0 Å². The van der Waals surface area contributed by atoms with Crippen LogP contribution in [0.5, 0.6) is 0 Å². The number of halogens is 5. The summed E-state index contributed by atoms with van der Waals surface area (Å²) in [5.74, 6) is 0. The third kappa shape index (κ3) is 8.70. The van der Waals surface area contributed by atoms with Gasteiger partial charge < -0.3 is 0 Å². The van der Waals surface area contributed by atoms with E-state index >= 15 is 0 Å². The fourth-order valence-corrected chi connectivity index (χ4v) is 43.8. The lowest BCUT2D eigenvalue weighted by Gasteiger charge is -2.46. The number of rotatable bonds is 8. The molecule has 0 N–H and O–H groups in total. The highest BCUT2D eigenvalue weighted by Gasteiger charge is 2.56. The minimum atomic E-state index is -2.29. The Morgan fingerprint density at radius 2 is 0.800 bits per heavy atom. The van der Waals surface area contributed by atoms with Gasteiger partial charge in [0.1, 0.15) is 0 Å². The normalized spacial score (nSPS) is 15.4. The van der Waals surface area contributed by atoms with Crippen LogP contribution in [0.15, 0.2) is 12.1 Å². The van der Waals surface area contributed by atoms with Gasteiger partial charge in [0.2, 0.25) is 0 Å². The molecule has 0 atom stereocenters. The van der Waals surface area contributed by atoms with Crippen LogP contribution in [0.25, 0.3) is 0 Å². The molecule has 0 aliphatic heterocycles. The molecule has 0 spiro atoms. The number of hydrogen-bond acceptors (Lipinski definition) is 0. The molecule has 0 aliphatic carbocycles. The molecule has 204 valence electrons. The summed E-state index contributed by atoms with van der Waals surface area (Å²) < 4.78 is -2.11. The number of hydrogen-bond donors (Lipinski definition) is 0. The van der Waals surface area contributed by atoms with Crippen molar-refractivity contribution in [2.45, 2.75) is 115 Å². The molecule has 0 nitrogen and oxygen atoms in total. The Balaban J connectivity index is 4.62. The smallest absolute Gasteiger partial charge is 0.105 e. The summed E-state index contributed by atoms with van der Waals surface area (Å²) in [5.41, 5.74) is 4.97. The first kappa shape index (κ1) is 35.9. The highest BCUT2D eigenvalue weighted by atomic mass is 80.0. The average molecular weight is 906 g/mol. The van der Waals surface area contributed by atoms with Gasteiger partial charge in [-0.05, 0) is 37.6 Å². The van der Waals surface area contributed by atoms with Gasteiger partial charge in [-0.3, -0.25) is 0 Å². The van der Waals surface area contributed by atoms with Crippen LogP contribution in [0.1, 0.15) is 47.8 Å². The zero-order valence-corrected chi connectivity index (χ0v) is 38.6. The Morgan fingerprint density at radius 1 is 0.543 bits per heavy atom. The Kier molecular flexibility index (Phi) is 11.6. The second kappa shape index (κ2) is 11.3. The van der Waals surface area contributed by atoms with Gasteiger partial charge in [0.05, 0.1) is 0 Å². The van der Waals surface area contributed by atoms with E-state index in [1.165, 1.54) is 5.56 Å². The van der Waals surface area contributed by atoms with E-state index in [2.05, 4.69) is 188 Å². The van der Waals surface area contributed by atoms with Gasteiger partial charge >= 0.3 is 0 Å². The van der Waals surface area contributed by atoms with Crippen molar-refractivity contribution >= 4 is 122 Å². The second-order valence-electron chi connectivity index (χ2n) is 15.7. The minimum absolute atomic E-state index is 0.115. The first-order valence-electron chi connectivity index (χ1n) is 12.6. The molecule has 0 amide bonds. The maximum absolute atomic E-state index is 4.43. The van der Waals surface area contributed by atoms with E-state index < -0.39 is 40.6 Å². The molecule has 0 radical (unpaired) electrons. The third-order valence-corrected chi connectivity index (χ3v) is 88.1. The predicted octanol–water partition coefficient (Wildman–Crippen LogP) is 11.3. The van der Waals surface area contributed by atoms with E-state index in [0.717, 1.165) is 0 Å². The quantitative estimate of drug-likeness (QED) is 0.180. The van der Waals surface area contributed by atoms with Gasteiger partial charge in [-0.2, -0.15) is 0 Å². The monoisotopic (exact) mass is 900 g/mol. The van der Waals surface area contributed by atoms with Crippen molar-refractivity contribution in [3.8, 4) is 0 Å². The summed E-state index contributed by atoms with van der Waals surface area (Å²) in [6.07, 6.45) is 0. The molecule has 0 bridgehead atoms. The van der Waals surface area contributed by atoms with Crippen LogP contribution >= 0.6 is 76.5 Å². The van der Waals surface area contributed by atoms with Crippen molar-refractivity contribution in [2.75, 3.05) is 0 Å². The summed E-state index contributed by atoms with van der Waals surface area (Å²) in [7, 11) is -6.12. The van der Waals surface area contributed by atoms with Crippen molar-refractivity contribution in [1.29, 1.82) is 0 Å². The van der Waals surface area contributed by atoms with E-state index in [1.807, 2.05) is 0 Å². The van der Waals surface area contributed by atoms with Crippen LogP contribution in [0.2, 0.25) is 78.6 Å². The Hall–Kier alpha value is 2.92. The van der Waals surface area contributed by atoms with E-state index in [4.69, 9.17) is 0 Å². The molecule has 0 aliphatic rings. The number of benzene rings is 1.